The summed E-state index contributed by atoms with van der Waals surface area (Å²) in [5, 5.41) is 26.7. The molecule has 0 aliphatic carbocycles. The zero-order chi connectivity index (χ0) is 23.6. The van der Waals surface area contributed by atoms with Crippen LogP contribution in [-0.4, -0.2) is 40.5 Å². The van der Waals surface area contributed by atoms with Gasteiger partial charge in [0.1, 0.15) is 23.6 Å². The Hall–Kier alpha value is -4.98. The highest BCUT2D eigenvalue weighted by atomic mass is 16.7. The summed E-state index contributed by atoms with van der Waals surface area (Å²) >= 11 is 0. The lowest BCUT2D eigenvalue weighted by Crippen LogP contribution is -2.47. The monoisotopic (exact) mass is 457 g/mol. The van der Waals surface area contributed by atoms with Gasteiger partial charge in [-0.05, 0) is 24.3 Å². The van der Waals surface area contributed by atoms with Crippen LogP contribution in [0, 0.1) is 11.3 Å². The van der Waals surface area contributed by atoms with Gasteiger partial charge in [0.25, 0.3) is 0 Å². The maximum atomic E-state index is 14.1. The first-order valence-corrected chi connectivity index (χ1v) is 10.2. The molecule has 4 N–H and O–H groups in total. The highest BCUT2D eigenvalue weighted by Crippen LogP contribution is 2.57. The van der Waals surface area contributed by atoms with Crippen molar-refractivity contribution < 1.29 is 28.9 Å². The molecule has 168 valence electrons. The fourth-order valence-electron chi connectivity index (χ4n) is 4.84. The number of nitrogens with two attached hydrogens (primary N) is 1. The number of carboxylic acid groups (broad SMARTS) is 1. The standard InChI is InChI=1S/C23H15N5O6/c24-8-13-20(25)34-21-18(19(26-27-21)11-5-6-15-16(7-11)33-10-32-15)23(13)12-3-1-2-4-14(12)28(22(23)31)9-17(29)30/h1-7H,9-10,25H2,(H,26,27)(H,29,30). The largest absolute Gasteiger partial charge is 0.480 e. The third-order valence-corrected chi connectivity index (χ3v) is 6.17. The number of para-hydroxylation sites is 1. The molecule has 0 radical (unpaired) electrons. The fourth-order valence-corrected chi connectivity index (χ4v) is 4.84. The van der Waals surface area contributed by atoms with Crippen molar-refractivity contribution >= 4 is 17.6 Å². The smallest absolute Gasteiger partial charge is 0.323 e. The quantitative estimate of drug-likeness (QED) is 0.530. The summed E-state index contributed by atoms with van der Waals surface area (Å²) < 4.78 is 16.5. The Balaban J connectivity index is 1.67. The molecule has 3 aromatic rings. The average Bonchev–Trinajstić information content (AvgIpc) is 3.52. The topological polar surface area (TPSA) is 164 Å². The van der Waals surface area contributed by atoms with Gasteiger partial charge in [-0.2, -0.15) is 5.26 Å². The number of carboxylic acids is 1. The molecular weight excluding hydrogens is 442 g/mol. The van der Waals surface area contributed by atoms with Crippen LogP contribution in [0.1, 0.15) is 11.1 Å². The lowest BCUT2D eigenvalue weighted by molar-refractivity contribution is -0.136. The Kier molecular flexibility index (Phi) is 3.91. The van der Waals surface area contributed by atoms with Crippen LogP contribution in [0.15, 0.2) is 53.9 Å². The number of nitrogens with zero attached hydrogens (tertiary/aromatic N) is 3. The van der Waals surface area contributed by atoms with E-state index in [2.05, 4.69) is 10.2 Å². The van der Waals surface area contributed by atoms with Crippen LogP contribution in [0.4, 0.5) is 5.69 Å². The number of carbonyl (C=O) groups excluding carboxylic acids is 1. The number of hydrogen-bond acceptors (Lipinski definition) is 8. The molecule has 11 heteroatoms. The molecule has 2 aromatic carbocycles. The van der Waals surface area contributed by atoms with E-state index in [4.69, 9.17) is 19.9 Å². The number of aliphatic carboxylic acids is 1. The van der Waals surface area contributed by atoms with E-state index in [1.165, 1.54) is 0 Å². The molecule has 6 rings (SSSR count). The molecule has 1 unspecified atom stereocenters. The van der Waals surface area contributed by atoms with Gasteiger partial charge >= 0.3 is 5.97 Å². The number of benzene rings is 2. The number of nitriles is 1. The van der Waals surface area contributed by atoms with Crippen LogP contribution < -0.4 is 24.8 Å². The maximum absolute atomic E-state index is 14.1. The zero-order valence-electron chi connectivity index (χ0n) is 17.4. The van der Waals surface area contributed by atoms with Gasteiger partial charge in [0.15, 0.2) is 11.5 Å². The minimum absolute atomic E-state index is 0.0181. The molecule has 11 nitrogen and oxygen atoms in total. The number of rotatable bonds is 3. The zero-order valence-corrected chi connectivity index (χ0v) is 17.4. The first-order chi connectivity index (χ1) is 16.5. The van der Waals surface area contributed by atoms with Gasteiger partial charge < -0.3 is 25.1 Å². The Morgan fingerprint density at radius 3 is 2.85 bits per heavy atom. The number of ether oxygens (including phenoxy) is 3. The molecule has 3 aliphatic rings. The summed E-state index contributed by atoms with van der Waals surface area (Å²) in [5.74, 6) is -1.02. The lowest BCUT2D eigenvalue weighted by atomic mass is 9.68. The second kappa shape index (κ2) is 6.76. The Morgan fingerprint density at radius 1 is 1.26 bits per heavy atom. The maximum Gasteiger partial charge on any atom is 0.323 e. The van der Waals surface area contributed by atoms with Gasteiger partial charge in [0.05, 0.1) is 11.3 Å². The van der Waals surface area contributed by atoms with Gasteiger partial charge in [-0.25, -0.2) is 0 Å². The number of carbonyl (C=O) groups is 2. The predicted molar refractivity (Wildman–Crippen MR) is 115 cm³/mol. The van der Waals surface area contributed by atoms with E-state index >= 15 is 0 Å². The minimum Gasteiger partial charge on any atom is -0.480 e. The van der Waals surface area contributed by atoms with Crippen LogP contribution in [0.25, 0.3) is 11.3 Å². The van der Waals surface area contributed by atoms with Crippen molar-refractivity contribution in [1.82, 2.24) is 10.2 Å². The second-order valence-electron chi connectivity index (χ2n) is 7.85. The molecule has 3 aliphatic heterocycles. The van der Waals surface area contributed by atoms with E-state index in [0.29, 0.717) is 34.0 Å². The highest BCUT2D eigenvalue weighted by molar-refractivity contribution is 6.16. The van der Waals surface area contributed by atoms with Crippen molar-refractivity contribution in [3.05, 3.63) is 65.0 Å². The third kappa shape index (κ3) is 2.36. The molecule has 34 heavy (non-hydrogen) atoms. The molecule has 1 aromatic heterocycles. The van der Waals surface area contributed by atoms with E-state index in [1.807, 2.05) is 6.07 Å². The van der Waals surface area contributed by atoms with Gasteiger partial charge in [0.2, 0.25) is 24.5 Å². The number of fused-ring (bicyclic) bond motifs is 5. The molecule has 0 bridgehead atoms. The summed E-state index contributed by atoms with van der Waals surface area (Å²) in [6, 6.07) is 13.9. The number of H-pyrrole nitrogens is 1. The molecule has 1 spiro atoms. The predicted octanol–water partition coefficient (Wildman–Crippen LogP) is 1.61. The fraction of sp³-hybridized carbons (Fsp3) is 0.130. The molecule has 0 fully saturated rings. The van der Waals surface area contributed by atoms with Crippen molar-refractivity contribution in [2.75, 3.05) is 18.2 Å². The first kappa shape index (κ1) is 19.7. The second-order valence-corrected chi connectivity index (χ2v) is 7.85. The number of amides is 1. The van der Waals surface area contributed by atoms with Crippen molar-refractivity contribution in [3.63, 3.8) is 0 Å². The number of anilines is 1. The van der Waals surface area contributed by atoms with Crippen LogP contribution >= 0.6 is 0 Å². The van der Waals surface area contributed by atoms with Crippen molar-refractivity contribution in [2.45, 2.75) is 5.41 Å². The summed E-state index contributed by atoms with van der Waals surface area (Å²) in [7, 11) is 0. The summed E-state index contributed by atoms with van der Waals surface area (Å²) in [4.78, 5) is 26.9. The first-order valence-electron chi connectivity index (χ1n) is 10.2. The molecule has 4 heterocycles. The Morgan fingerprint density at radius 2 is 2.06 bits per heavy atom. The van der Waals surface area contributed by atoms with Gasteiger partial charge in [-0.1, -0.05) is 18.2 Å². The summed E-state index contributed by atoms with van der Waals surface area (Å²) in [6.07, 6.45) is 0. The third-order valence-electron chi connectivity index (χ3n) is 6.17. The van der Waals surface area contributed by atoms with E-state index in [-0.39, 0.29) is 29.7 Å². The van der Waals surface area contributed by atoms with Gasteiger partial charge in [-0.3, -0.25) is 19.6 Å². The highest BCUT2D eigenvalue weighted by Gasteiger charge is 2.61. The molecular formula is C23H15N5O6. The van der Waals surface area contributed by atoms with Crippen LogP contribution in [-0.2, 0) is 15.0 Å². The van der Waals surface area contributed by atoms with Gasteiger partial charge in [-0.15, -0.1) is 5.10 Å². The minimum atomic E-state index is -1.75. The van der Waals surface area contributed by atoms with Gasteiger partial charge in [0, 0.05) is 16.8 Å². The van der Waals surface area contributed by atoms with Crippen LogP contribution in [0.2, 0.25) is 0 Å². The Bertz CT molecular complexity index is 1490. The van der Waals surface area contributed by atoms with E-state index in [0.717, 1.165) is 4.90 Å². The molecule has 0 saturated carbocycles. The van der Waals surface area contributed by atoms with Crippen LogP contribution in [0.5, 0.6) is 17.4 Å². The molecule has 0 saturated heterocycles. The molecule has 1 atom stereocenters. The Labute approximate surface area is 191 Å². The number of nitrogens with one attached hydrogen (secondary N) is 1. The van der Waals surface area contributed by atoms with Crippen molar-refractivity contribution in [1.29, 1.82) is 5.26 Å². The lowest BCUT2D eigenvalue weighted by Gasteiger charge is -2.32. The summed E-state index contributed by atoms with van der Waals surface area (Å²) in [6.45, 7) is -0.510. The van der Waals surface area contributed by atoms with Crippen molar-refractivity contribution in [2.24, 2.45) is 5.73 Å². The number of hydrogen-bond donors (Lipinski definition) is 3. The average molecular weight is 457 g/mol. The number of aromatic nitrogens is 2. The van der Waals surface area contributed by atoms with E-state index in [1.54, 1.807) is 42.5 Å². The normalized spacial score (nSPS) is 19.6. The SMILES string of the molecule is N#CC1=C(N)Oc2n[nH]c(-c3ccc4c(c3)OCO4)c2C12C(=O)N(CC(=O)O)c1ccccc12. The molecule has 1 amide bonds. The van der Waals surface area contributed by atoms with E-state index < -0.39 is 23.8 Å². The van der Waals surface area contributed by atoms with E-state index in [9.17, 15) is 20.0 Å². The van der Waals surface area contributed by atoms with Crippen molar-refractivity contribution in [3.8, 4) is 34.7 Å². The summed E-state index contributed by atoms with van der Waals surface area (Å²) in [5.41, 5.74) is 6.24. The number of aromatic amines is 1. The van der Waals surface area contributed by atoms with Crippen LogP contribution in [0.3, 0.4) is 0 Å².